The van der Waals surface area contributed by atoms with E-state index < -0.39 is 0 Å². The third kappa shape index (κ3) is 5.56. The van der Waals surface area contributed by atoms with Crippen LogP contribution in [0.25, 0.3) is 0 Å². The topological polar surface area (TPSA) is 59.2 Å². The lowest BCUT2D eigenvalue weighted by Gasteiger charge is -2.29. The molecule has 2 atom stereocenters. The molecule has 7 heteroatoms. The summed E-state index contributed by atoms with van der Waals surface area (Å²) < 4.78 is 0. The Hall–Kier alpha value is -0.360. The second-order valence-electron chi connectivity index (χ2n) is 5.14. The molecule has 1 amide bonds. The molecule has 0 aromatic carbocycles. The average Bonchev–Trinajstić information content (AvgIpc) is 2.84. The van der Waals surface area contributed by atoms with E-state index in [0.29, 0.717) is 18.9 Å². The molecule has 1 saturated carbocycles. The Kier molecular flexibility index (Phi) is 9.38. The SMILES string of the molecule is CN(Cc1cscn1)C(=O)CC1CCCCC1N.Cl.Cl. The van der Waals surface area contributed by atoms with Gasteiger partial charge >= 0.3 is 0 Å². The lowest BCUT2D eigenvalue weighted by Crippen LogP contribution is -2.37. The zero-order valence-corrected chi connectivity index (χ0v) is 14.1. The summed E-state index contributed by atoms with van der Waals surface area (Å²) in [5, 5.41) is 1.98. The van der Waals surface area contributed by atoms with Crippen molar-refractivity contribution >= 4 is 42.1 Å². The van der Waals surface area contributed by atoms with Crippen LogP contribution in [0.4, 0.5) is 0 Å². The van der Waals surface area contributed by atoms with E-state index >= 15 is 0 Å². The number of nitrogens with zero attached hydrogens (tertiary/aromatic N) is 2. The molecule has 1 heterocycles. The number of hydrogen-bond acceptors (Lipinski definition) is 4. The lowest BCUT2D eigenvalue weighted by molar-refractivity contribution is -0.131. The molecule has 116 valence electrons. The summed E-state index contributed by atoms with van der Waals surface area (Å²) in [7, 11) is 1.84. The molecule has 1 aromatic rings. The number of amides is 1. The van der Waals surface area contributed by atoms with Crippen molar-refractivity contribution in [1.29, 1.82) is 0 Å². The summed E-state index contributed by atoms with van der Waals surface area (Å²) in [5.74, 6) is 0.550. The number of aromatic nitrogens is 1. The van der Waals surface area contributed by atoms with Crippen molar-refractivity contribution in [1.82, 2.24) is 9.88 Å². The number of hydrogen-bond donors (Lipinski definition) is 1. The molecule has 4 nitrogen and oxygen atoms in total. The normalized spacial score (nSPS) is 21.5. The van der Waals surface area contributed by atoms with Crippen LogP contribution in [0.2, 0.25) is 0 Å². The van der Waals surface area contributed by atoms with Gasteiger partial charge in [0.05, 0.1) is 17.7 Å². The molecule has 0 aliphatic heterocycles. The van der Waals surface area contributed by atoms with E-state index in [1.54, 1.807) is 21.7 Å². The molecule has 0 saturated heterocycles. The van der Waals surface area contributed by atoms with Gasteiger partial charge in [-0.1, -0.05) is 12.8 Å². The Morgan fingerprint density at radius 2 is 2.15 bits per heavy atom. The van der Waals surface area contributed by atoms with Crippen LogP contribution >= 0.6 is 36.2 Å². The molecule has 2 N–H and O–H groups in total. The Bertz CT molecular complexity index is 389. The summed E-state index contributed by atoms with van der Waals surface area (Å²) in [6.07, 6.45) is 5.16. The van der Waals surface area contributed by atoms with Crippen molar-refractivity contribution in [2.75, 3.05) is 7.05 Å². The maximum absolute atomic E-state index is 12.1. The van der Waals surface area contributed by atoms with Crippen LogP contribution in [0.15, 0.2) is 10.9 Å². The number of nitrogens with two attached hydrogens (primary N) is 1. The highest BCUT2D eigenvalue weighted by molar-refractivity contribution is 7.07. The van der Waals surface area contributed by atoms with Crippen LogP contribution in [0, 0.1) is 5.92 Å². The maximum Gasteiger partial charge on any atom is 0.223 e. The smallest absolute Gasteiger partial charge is 0.223 e. The molecule has 1 aromatic heterocycles. The van der Waals surface area contributed by atoms with Crippen molar-refractivity contribution in [2.24, 2.45) is 11.7 Å². The monoisotopic (exact) mass is 339 g/mol. The van der Waals surface area contributed by atoms with Gasteiger partial charge < -0.3 is 10.6 Å². The highest BCUT2D eigenvalue weighted by Gasteiger charge is 2.25. The van der Waals surface area contributed by atoms with E-state index in [9.17, 15) is 4.79 Å². The zero-order chi connectivity index (χ0) is 13.0. The van der Waals surface area contributed by atoms with Gasteiger partial charge in [-0.25, -0.2) is 4.98 Å². The van der Waals surface area contributed by atoms with Gasteiger partial charge in [-0.05, 0) is 18.8 Å². The van der Waals surface area contributed by atoms with E-state index in [4.69, 9.17) is 5.73 Å². The fourth-order valence-electron chi connectivity index (χ4n) is 2.52. The van der Waals surface area contributed by atoms with Gasteiger partial charge in [0.25, 0.3) is 0 Å². The quantitative estimate of drug-likeness (QED) is 0.917. The average molecular weight is 340 g/mol. The second-order valence-corrected chi connectivity index (χ2v) is 5.86. The summed E-state index contributed by atoms with van der Waals surface area (Å²) in [4.78, 5) is 18.1. The number of carbonyl (C=O) groups is 1. The van der Waals surface area contributed by atoms with Crippen LogP contribution in [-0.2, 0) is 11.3 Å². The fourth-order valence-corrected chi connectivity index (χ4v) is 3.07. The van der Waals surface area contributed by atoms with E-state index in [-0.39, 0.29) is 36.8 Å². The Morgan fingerprint density at radius 3 is 2.75 bits per heavy atom. The predicted molar refractivity (Wildman–Crippen MR) is 87.6 cm³/mol. The first-order valence-electron chi connectivity index (χ1n) is 6.53. The molecule has 2 unspecified atom stereocenters. The van der Waals surface area contributed by atoms with Gasteiger partial charge in [-0.2, -0.15) is 0 Å². The van der Waals surface area contributed by atoms with Crippen LogP contribution in [0.1, 0.15) is 37.8 Å². The first-order chi connectivity index (χ1) is 8.66. The minimum atomic E-state index is 0. The largest absolute Gasteiger partial charge is 0.340 e. The van der Waals surface area contributed by atoms with E-state index in [1.165, 1.54) is 12.8 Å². The third-order valence-electron chi connectivity index (χ3n) is 3.71. The molecule has 0 spiro atoms. The van der Waals surface area contributed by atoms with Crippen molar-refractivity contribution in [2.45, 2.75) is 44.7 Å². The van der Waals surface area contributed by atoms with Gasteiger partial charge in [-0.15, -0.1) is 36.2 Å². The summed E-state index contributed by atoms with van der Waals surface area (Å²) in [6, 6.07) is 0.204. The third-order valence-corrected chi connectivity index (χ3v) is 4.35. The van der Waals surface area contributed by atoms with Crippen LogP contribution in [0.5, 0.6) is 0 Å². The molecular formula is C13H23Cl2N3OS. The van der Waals surface area contributed by atoms with E-state index in [1.807, 2.05) is 12.4 Å². The number of rotatable bonds is 4. The van der Waals surface area contributed by atoms with Gasteiger partial charge in [-0.3, -0.25) is 4.79 Å². The van der Waals surface area contributed by atoms with Crippen LogP contribution in [0.3, 0.4) is 0 Å². The van der Waals surface area contributed by atoms with Gasteiger partial charge in [0.2, 0.25) is 5.91 Å². The van der Waals surface area contributed by atoms with Gasteiger partial charge in [0.15, 0.2) is 0 Å². The maximum atomic E-state index is 12.1. The predicted octanol–water partition coefficient (Wildman–Crippen LogP) is 2.85. The molecule has 1 fully saturated rings. The van der Waals surface area contributed by atoms with Gasteiger partial charge in [0, 0.05) is 24.9 Å². The van der Waals surface area contributed by atoms with Crippen molar-refractivity contribution in [3.63, 3.8) is 0 Å². The van der Waals surface area contributed by atoms with Crippen LogP contribution < -0.4 is 5.73 Å². The summed E-state index contributed by atoms with van der Waals surface area (Å²) in [5.41, 5.74) is 8.84. The Balaban J connectivity index is 0.00000180. The Labute approximate surface area is 137 Å². The standard InChI is InChI=1S/C13H21N3OS.2ClH/c1-16(7-11-8-18-9-15-11)13(17)6-10-4-2-3-5-12(10)14;;/h8-10,12H,2-7,14H2,1H3;2*1H. The lowest BCUT2D eigenvalue weighted by atomic mass is 9.83. The Morgan fingerprint density at radius 1 is 1.45 bits per heavy atom. The zero-order valence-electron chi connectivity index (χ0n) is 11.7. The first-order valence-corrected chi connectivity index (χ1v) is 7.47. The minimum Gasteiger partial charge on any atom is -0.340 e. The summed E-state index contributed by atoms with van der Waals surface area (Å²) >= 11 is 1.56. The van der Waals surface area contributed by atoms with Crippen molar-refractivity contribution < 1.29 is 4.79 Å². The van der Waals surface area contributed by atoms with Crippen molar-refractivity contribution in [3.05, 3.63) is 16.6 Å². The van der Waals surface area contributed by atoms with Crippen molar-refractivity contribution in [3.8, 4) is 0 Å². The van der Waals surface area contributed by atoms with Crippen LogP contribution in [-0.4, -0.2) is 28.9 Å². The number of thiazole rings is 1. The van der Waals surface area contributed by atoms with Gasteiger partial charge in [0.1, 0.15) is 0 Å². The molecule has 0 radical (unpaired) electrons. The summed E-state index contributed by atoms with van der Waals surface area (Å²) in [6.45, 7) is 0.601. The molecule has 2 rings (SSSR count). The molecular weight excluding hydrogens is 317 g/mol. The van der Waals surface area contributed by atoms with E-state index in [2.05, 4.69) is 4.98 Å². The molecule has 0 bridgehead atoms. The molecule has 1 aliphatic carbocycles. The second kappa shape index (κ2) is 9.55. The minimum absolute atomic E-state index is 0. The number of carbonyl (C=O) groups excluding carboxylic acids is 1. The van der Waals surface area contributed by atoms with E-state index in [0.717, 1.165) is 18.5 Å². The highest BCUT2D eigenvalue weighted by atomic mass is 35.5. The fraction of sp³-hybridized carbons (Fsp3) is 0.692. The number of halogens is 2. The highest BCUT2D eigenvalue weighted by Crippen LogP contribution is 2.26. The first kappa shape index (κ1) is 19.6. The molecule has 20 heavy (non-hydrogen) atoms. The molecule has 1 aliphatic rings.